The van der Waals surface area contributed by atoms with Gasteiger partial charge in [0.25, 0.3) is 0 Å². The van der Waals surface area contributed by atoms with E-state index in [0.717, 1.165) is 25.2 Å². The predicted octanol–water partition coefficient (Wildman–Crippen LogP) is 2.97. The number of methoxy groups -OCH3 is 1. The standard InChI is InChI=1S/C36H48O14/c1-8-20(2)18-21(3)14-15-26(38)48-29-28(39)34(49-30(31(40)46-7)35(45,32(41)42)36(29,50-34)33(43)44)17-16-22(4)27(47-24(6)37)23(5)19-25-12-10-9-11-13-25/h9-15,20-21,23,27-30,39,45H,4,8,16-19H2,1-3,5-7H3,(H,41,42)(H,43,44)/b15-14+. The number of ether oxygens (including phenoxy) is 5. The van der Waals surface area contributed by atoms with Gasteiger partial charge in [-0.1, -0.05) is 77.1 Å². The summed E-state index contributed by atoms with van der Waals surface area (Å²) in [5.74, 6) is -10.4. The Balaban J connectivity index is 2.04. The van der Waals surface area contributed by atoms with Gasteiger partial charge >= 0.3 is 29.8 Å². The number of carbonyl (C=O) groups is 5. The second kappa shape index (κ2) is 16.3. The molecule has 0 saturated carbocycles. The van der Waals surface area contributed by atoms with E-state index >= 15 is 0 Å². The summed E-state index contributed by atoms with van der Waals surface area (Å²) < 4.78 is 27.1. The third kappa shape index (κ3) is 7.93. The summed E-state index contributed by atoms with van der Waals surface area (Å²) >= 11 is 0. The first-order valence-corrected chi connectivity index (χ1v) is 16.5. The van der Waals surface area contributed by atoms with Crippen LogP contribution in [0.1, 0.15) is 65.9 Å². The number of rotatable bonds is 17. The highest BCUT2D eigenvalue weighted by molar-refractivity contribution is 5.98. The van der Waals surface area contributed by atoms with Crippen LogP contribution in [0.15, 0.2) is 54.6 Å². The van der Waals surface area contributed by atoms with Gasteiger partial charge in [-0.2, -0.15) is 0 Å². The number of aliphatic hydroxyl groups excluding tert-OH is 1. The molecule has 2 fully saturated rings. The van der Waals surface area contributed by atoms with E-state index in [1.807, 2.05) is 58.0 Å². The normalized spacial score (nSPS) is 29.7. The highest BCUT2D eigenvalue weighted by Gasteiger charge is 2.86. The first-order chi connectivity index (χ1) is 23.4. The molecule has 10 atom stereocenters. The maximum atomic E-state index is 13.1. The molecule has 0 spiro atoms. The monoisotopic (exact) mass is 704 g/mol. The minimum Gasteiger partial charge on any atom is -0.479 e. The number of carboxylic acid groups (broad SMARTS) is 2. The van der Waals surface area contributed by atoms with Crippen molar-refractivity contribution >= 4 is 29.8 Å². The van der Waals surface area contributed by atoms with E-state index in [2.05, 4.69) is 11.3 Å². The molecule has 2 heterocycles. The Morgan fingerprint density at radius 3 is 2.24 bits per heavy atom. The lowest BCUT2D eigenvalue weighted by Gasteiger charge is -2.49. The summed E-state index contributed by atoms with van der Waals surface area (Å²) in [5.41, 5.74) is -6.02. The molecule has 14 heteroatoms. The van der Waals surface area contributed by atoms with Gasteiger partial charge in [-0.3, -0.25) is 4.79 Å². The number of allylic oxidation sites excluding steroid dienone is 1. The number of fused-ring (bicyclic) bond motifs is 2. The lowest BCUT2D eigenvalue weighted by Crippen LogP contribution is -2.78. The largest absolute Gasteiger partial charge is 0.479 e. The van der Waals surface area contributed by atoms with Gasteiger partial charge in [0.15, 0.2) is 6.10 Å². The lowest BCUT2D eigenvalue weighted by molar-refractivity contribution is -0.374. The van der Waals surface area contributed by atoms with Crippen LogP contribution in [-0.2, 0) is 54.1 Å². The minimum absolute atomic E-state index is 0.107. The van der Waals surface area contributed by atoms with Gasteiger partial charge in [0, 0.05) is 25.3 Å². The number of hydrogen-bond acceptors (Lipinski definition) is 12. The summed E-state index contributed by atoms with van der Waals surface area (Å²) in [6, 6.07) is 9.35. The first kappa shape index (κ1) is 40.3. The zero-order valence-electron chi connectivity index (χ0n) is 29.2. The molecule has 0 aromatic heterocycles. The van der Waals surface area contributed by atoms with Gasteiger partial charge in [0.05, 0.1) is 7.11 Å². The van der Waals surface area contributed by atoms with Gasteiger partial charge in [-0.05, 0) is 42.2 Å². The summed E-state index contributed by atoms with van der Waals surface area (Å²) in [5, 5.41) is 44.1. The number of aliphatic carboxylic acids is 2. The van der Waals surface area contributed by atoms with E-state index in [4.69, 9.17) is 18.9 Å². The van der Waals surface area contributed by atoms with E-state index < -0.39 is 77.7 Å². The van der Waals surface area contributed by atoms with Gasteiger partial charge in [-0.15, -0.1) is 0 Å². The van der Waals surface area contributed by atoms with Crippen molar-refractivity contribution in [2.75, 3.05) is 7.11 Å². The average Bonchev–Trinajstić information content (AvgIpc) is 3.28. The van der Waals surface area contributed by atoms with Crippen molar-refractivity contribution in [1.29, 1.82) is 0 Å². The fourth-order valence-corrected chi connectivity index (χ4v) is 6.68. The van der Waals surface area contributed by atoms with Crippen LogP contribution in [0.2, 0.25) is 0 Å². The van der Waals surface area contributed by atoms with Crippen LogP contribution in [0.25, 0.3) is 0 Å². The third-order valence-corrected chi connectivity index (χ3v) is 9.48. The molecule has 276 valence electrons. The quantitative estimate of drug-likeness (QED) is 0.0795. The van der Waals surface area contributed by atoms with Crippen LogP contribution >= 0.6 is 0 Å². The maximum Gasteiger partial charge on any atom is 0.344 e. The van der Waals surface area contributed by atoms with Crippen molar-refractivity contribution in [1.82, 2.24) is 0 Å². The molecule has 2 aliphatic heterocycles. The van der Waals surface area contributed by atoms with Crippen molar-refractivity contribution in [3.8, 4) is 0 Å². The fourth-order valence-electron chi connectivity index (χ4n) is 6.68. The van der Waals surface area contributed by atoms with Crippen LogP contribution in [0.4, 0.5) is 0 Å². The van der Waals surface area contributed by atoms with E-state index in [9.17, 15) is 44.4 Å². The molecule has 50 heavy (non-hydrogen) atoms. The fraction of sp³-hybridized carbons (Fsp3) is 0.583. The molecule has 0 aliphatic carbocycles. The van der Waals surface area contributed by atoms with Crippen LogP contribution in [0.3, 0.4) is 0 Å². The van der Waals surface area contributed by atoms with Crippen molar-refractivity contribution < 1.29 is 68.1 Å². The Bertz CT molecular complexity index is 1460. The van der Waals surface area contributed by atoms with Crippen LogP contribution in [0.5, 0.6) is 0 Å². The number of carboxylic acids is 2. The number of carbonyl (C=O) groups excluding carboxylic acids is 3. The van der Waals surface area contributed by atoms with Crippen molar-refractivity contribution in [3.63, 3.8) is 0 Å². The van der Waals surface area contributed by atoms with E-state index in [0.29, 0.717) is 18.8 Å². The van der Waals surface area contributed by atoms with Gasteiger partial charge in [0.2, 0.25) is 23.1 Å². The molecule has 3 rings (SSSR count). The van der Waals surface area contributed by atoms with Crippen molar-refractivity contribution in [2.24, 2.45) is 17.8 Å². The molecule has 4 N–H and O–H groups in total. The van der Waals surface area contributed by atoms with Gasteiger partial charge in [-0.25, -0.2) is 19.2 Å². The molecule has 2 saturated heterocycles. The van der Waals surface area contributed by atoms with Crippen molar-refractivity contribution in [3.05, 3.63) is 60.2 Å². The zero-order chi connectivity index (χ0) is 37.6. The lowest BCUT2D eigenvalue weighted by atomic mass is 9.74. The molecule has 2 aliphatic rings. The predicted molar refractivity (Wildman–Crippen MR) is 175 cm³/mol. The Kier molecular flexibility index (Phi) is 13.1. The molecule has 14 nitrogen and oxygen atoms in total. The Hall–Kier alpha value is -4.11. The highest BCUT2D eigenvalue weighted by atomic mass is 16.8. The average molecular weight is 705 g/mol. The molecule has 0 radical (unpaired) electrons. The molecule has 0 amide bonds. The second-order valence-electron chi connectivity index (χ2n) is 13.3. The number of esters is 3. The number of aliphatic hydroxyl groups is 2. The Labute approximate surface area is 291 Å². The summed E-state index contributed by atoms with van der Waals surface area (Å²) in [4.78, 5) is 64.0. The smallest absolute Gasteiger partial charge is 0.344 e. The van der Waals surface area contributed by atoms with Crippen molar-refractivity contribution in [2.45, 2.75) is 108 Å². The highest BCUT2D eigenvalue weighted by Crippen LogP contribution is 2.56. The molecular weight excluding hydrogens is 656 g/mol. The SMILES string of the molecule is C=C(CCC12OC(C(=O)OC)C(O)(C(=O)O)C(C(=O)O)(O1)C(OC(=O)/C=C/C(C)CC(C)CC)C2O)C(OC(C)=O)C(C)Cc1ccccc1. The van der Waals surface area contributed by atoms with E-state index in [1.165, 1.54) is 13.0 Å². The molecular formula is C36H48O14. The summed E-state index contributed by atoms with van der Waals surface area (Å²) in [6.07, 6.45) is -4.26. The molecule has 1 aromatic carbocycles. The zero-order valence-corrected chi connectivity index (χ0v) is 29.2. The topological polar surface area (TPSA) is 212 Å². The number of hydrogen-bond donors (Lipinski definition) is 4. The molecule has 2 bridgehead atoms. The van der Waals surface area contributed by atoms with Gasteiger partial charge < -0.3 is 44.1 Å². The number of benzene rings is 1. The van der Waals surface area contributed by atoms with Crippen LogP contribution in [0, 0.1) is 17.8 Å². The second-order valence-corrected chi connectivity index (χ2v) is 13.3. The first-order valence-electron chi connectivity index (χ1n) is 16.5. The molecule has 1 aromatic rings. The van der Waals surface area contributed by atoms with E-state index in [-0.39, 0.29) is 23.8 Å². The van der Waals surface area contributed by atoms with Crippen LogP contribution in [-0.4, -0.2) is 98.8 Å². The summed E-state index contributed by atoms with van der Waals surface area (Å²) in [6.45, 7) is 13.0. The van der Waals surface area contributed by atoms with Gasteiger partial charge in [0.1, 0.15) is 12.2 Å². The Morgan fingerprint density at radius 2 is 1.70 bits per heavy atom. The third-order valence-electron chi connectivity index (χ3n) is 9.48. The van der Waals surface area contributed by atoms with Crippen LogP contribution < -0.4 is 0 Å². The Morgan fingerprint density at radius 1 is 1.06 bits per heavy atom. The minimum atomic E-state index is -3.77. The van der Waals surface area contributed by atoms with E-state index in [1.54, 1.807) is 0 Å². The maximum absolute atomic E-state index is 13.1. The summed E-state index contributed by atoms with van der Waals surface area (Å²) in [7, 11) is 0.852. The molecule has 10 unspecified atom stereocenters.